The molecular formula is C10H16N2O5S. The van der Waals surface area contributed by atoms with E-state index in [1.165, 1.54) is 6.20 Å². The van der Waals surface area contributed by atoms with Crippen LogP contribution < -0.4 is 5.73 Å². The van der Waals surface area contributed by atoms with Crippen molar-refractivity contribution in [2.24, 2.45) is 5.73 Å². The smallest absolute Gasteiger partial charge is 0.366 e. The lowest BCUT2D eigenvalue weighted by Crippen LogP contribution is -2.10. The number of amides is 1. The first-order valence-electron chi connectivity index (χ1n) is 5.16. The Morgan fingerprint density at radius 1 is 1.33 bits per heavy atom. The molecule has 1 amide bonds. The highest BCUT2D eigenvalue weighted by Gasteiger charge is 2.06. The molecule has 0 unspecified atom stereocenters. The van der Waals surface area contributed by atoms with Gasteiger partial charge < -0.3 is 5.73 Å². The average Bonchev–Trinajstić information content (AvgIpc) is 2.30. The van der Waals surface area contributed by atoms with E-state index in [2.05, 4.69) is 13.4 Å². The van der Waals surface area contributed by atoms with Crippen molar-refractivity contribution in [1.29, 1.82) is 0 Å². The maximum atomic E-state index is 10.4. The van der Waals surface area contributed by atoms with Gasteiger partial charge in [0.2, 0.25) is 5.91 Å². The van der Waals surface area contributed by atoms with Gasteiger partial charge in [-0.25, -0.2) is 8.37 Å². The largest absolute Gasteiger partial charge is 0.399 e. The van der Waals surface area contributed by atoms with Crippen LogP contribution >= 0.6 is 0 Å². The number of carbonyl (C=O) groups is 1. The highest BCUT2D eigenvalue weighted by Crippen LogP contribution is 1.93. The molecule has 0 aliphatic rings. The first-order valence-corrected chi connectivity index (χ1v) is 6.49. The summed E-state index contributed by atoms with van der Waals surface area (Å²) >= 11 is 0. The number of aromatic nitrogens is 1. The summed E-state index contributed by atoms with van der Waals surface area (Å²) in [4.78, 5) is 14.1. The number of rotatable bonds is 5. The number of hydrogen-bond acceptors (Lipinski definition) is 6. The van der Waals surface area contributed by atoms with E-state index in [4.69, 9.17) is 5.73 Å². The Morgan fingerprint density at radius 2 is 1.89 bits per heavy atom. The van der Waals surface area contributed by atoms with Gasteiger partial charge in [0.1, 0.15) is 0 Å². The molecule has 18 heavy (non-hydrogen) atoms. The molecule has 0 aromatic carbocycles. The molecule has 2 N–H and O–H groups in total. The third kappa shape index (κ3) is 7.71. The molecule has 1 aromatic heterocycles. The molecule has 102 valence electrons. The predicted octanol–water partition coefficient (Wildman–Crippen LogP) is 0.485. The Labute approximate surface area is 106 Å². The summed E-state index contributed by atoms with van der Waals surface area (Å²) in [6.07, 6.45) is 3.02. The molecule has 0 fully saturated rings. The molecule has 1 rings (SSSR count). The third-order valence-corrected chi connectivity index (χ3v) is 2.52. The van der Waals surface area contributed by atoms with Crippen LogP contribution in [0.25, 0.3) is 0 Å². The minimum absolute atomic E-state index is 0.113. The zero-order valence-corrected chi connectivity index (χ0v) is 11.0. The number of pyridine rings is 1. The van der Waals surface area contributed by atoms with Crippen molar-refractivity contribution in [3.63, 3.8) is 0 Å². The molecule has 1 aromatic rings. The van der Waals surface area contributed by atoms with Crippen LogP contribution in [0, 0.1) is 0 Å². The normalized spacial score (nSPS) is 10.3. The molecule has 0 spiro atoms. The maximum absolute atomic E-state index is 10.4. The first-order chi connectivity index (χ1) is 8.43. The molecule has 0 saturated heterocycles. The molecule has 7 nitrogen and oxygen atoms in total. The van der Waals surface area contributed by atoms with E-state index in [9.17, 15) is 13.2 Å². The van der Waals surface area contributed by atoms with Gasteiger partial charge in [-0.05, 0) is 26.0 Å². The lowest BCUT2D eigenvalue weighted by Gasteiger charge is -1.99. The van der Waals surface area contributed by atoms with Gasteiger partial charge in [-0.3, -0.25) is 9.78 Å². The summed E-state index contributed by atoms with van der Waals surface area (Å²) in [6, 6.07) is 3.29. The van der Waals surface area contributed by atoms with Crippen molar-refractivity contribution in [2.45, 2.75) is 13.8 Å². The predicted molar refractivity (Wildman–Crippen MR) is 64.9 cm³/mol. The number of primary amides is 1. The average molecular weight is 276 g/mol. The van der Waals surface area contributed by atoms with Crippen LogP contribution in [0.2, 0.25) is 0 Å². The molecule has 1 heterocycles. The van der Waals surface area contributed by atoms with E-state index in [-0.39, 0.29) is 13.2 Å². The van der Waals surface area contributed by atoms with Gasteiger partial charge >= 0.3 is 10.4 Å². The van der Waals surface area contributed by atoms with Crippen molar-refractivity contribution >= 4 is 16.3 Å². The second kappa shape index (κ2) is 8.56. The van der Waals surface area contributed by atoms with E-state index in [0.29, 0.717) is 5.56 Å². The van der Waals surface area contributed by atoms with Crippen LogP contribution in [0.4, 0.5) is 0 Å². The molecular weight excluding hydrogens is 260 g/mol. The monoisotopic (exact) mass is 276 g/mol. The quantitative estimate of drug-likeness (QED) is 0.838. The van der Waals surface area contributed by atoms with Crippen LogP contribution in [0.3, 0.4) is 0 Å². The molecule has 8 heteroatoms. The maximum Gasteiger partial charge on any atom is 0.399 e. The minimum atomic E-state index is -3.68. The SMILES string of the molecule is CCOS(=O)(=O)OCC.NC(=O)c1cccnc1. The first kappa shape index (κ1) is 16.5. The summed E-state index contributed by atoms with van der Waals surface area (Å²) in [5.41, 5.74) is 5.38. The van der Waals surface area contributed by atoms with Crippen molar-refractivity contribution in [3.8, 4) is 0 Å². The summed E-state index contributed by atoms with van der Waals surface area (Å²) in [7, 11) is -3.68. The minimum Gasteiger partial charge on any atom is -0.366 e. The Morgan fingerprint density at radius 3 is 2.17 bits per heavy atom. The van der Waals surface area contributed by atoms with Crippen molar-refractivity contribution < 1.29 is 21.6 Å². The second-order valence-corrected chi connectivity index (χ2v) is 4.12. The van der Waals surface area contributed by atoms with Crippen molar-refractivity contribution in [2.75, 3.05) is 13.2 Å². The second-order valence-electron chi connectivity index (χ2n) is 2.83. The van der Waals surface area contributed by atoms with E-state index in [1.807, 2.05) is 0 Å². The Hall–Kier alpha value is -1.51. The lowest BCUT2D eigenvalue weighted by atomic mass is 10.3. The third-order valence-electron chi connectivity index (χ3n) is 1.47. The van der Waals surface area contributed by atoms with Gasteiger partial charge in [-0.1, -0.05) is 0 Å². The summed E-state index contributed by atoms with van der Waals surface area (Å²) in [5.74, 6) is -0.442. The topological polar surface area (TPSA) is 109 Å². The van der Waals surface area contributed by atoms with Gasteiger partial charge in [-0.2, -0.15) is 8.42 Å². The molecule has 0 aliphatic heterocycles. The van der Waals surface area contributed by atoms with Crippen molar-refractivity contribution in [1.82, 2.24) is 4.98 Å². The van der Waals surface area contributed by atoms with E-state index < -0.39 is 16.3 Å². The van der Waals surface area contributed by atoms with Crippen LogP contribution in [0.15, 0.2) is 24.5 Å². The van der Waals surface area contributed by atoms with Gasteiger partial charge in [0.15, 0.2) is 0 Å². The summed E-state index contributed by atoms with van der Waals surface area (Å²) in [5, 5.41) is 0. The fourth-order valence-corrected chi connectivity index (χ4v) is 1.48. The number of carbonyl (C=O) groups excluding carboxylic acids is 1. The zero-order chi connectivity index (χ0) is 14.0. The molecule has 0 saturated carbocycles. The summed E-state index contributed by atoms with van der Waals surface area (Å²) in [6.45, 7) is 3.39. The van der Waals surface area contributed by atoms with Crippen LogP contribution in [-0.4, -0.2) is 32.5 Å². The Balaban J connectivity index is 0.000000321. The summed E-state index contributed by atoms with van der Waals surface area (Å²) < 4.78 is 29.2. The Bertz CT molecular complexity index is 435. The van der Waals surface area contributed by atoms with Gasteiger partial charge in [-0.15, -0.1) is 0 Å². The van der Waals surface area contributed by atoms with Gasteiger partial charge in [0.05, 0.1) is 18.8 Å². The van der Waals surface area contributed by atoms with Crippen molar-refractivity contribution in [3.05, 3.63) is 30.1 Å². The highest BCUT2D eigenvalue weighted by atomic mass is 32.3. The lowest BCUT2D eigenvalue weighted by molar-refractivity contribution is 0.1000. The van der Waals surface area contributed by atoms with Crippen LogP contribution in [0.1, 0.15) is 24.2 Å². The van der Waals surface area contributed by atoms with Crippen LogP contribution in [0.5, 0.6) is 0 Å². The highest BCUT2D eigenvalue weighted by molar-refractivity contribution is 7.81. The number of hydrogen-bond donors (Lipinski definition) is 1. The van der Waals surface area contributed by atoms with E-state index in [0.717, 1.165) is 0 Å². The number of nitrogens with zero attached hydrogens (tertiary/aromatic N) is 1. The number of nitrogens with two attached hydrogens (primary N) is 1. The van der Waals surface area contributed by atoms with Crippen LogP contribution in [-0.2, 0) is 18.8 Å². The van der Waals surface area contributed by atoms with Gasteiger partial charge in [0, 0.05) is 12.4 Å². The molecule has 0 bridgehead atoms. The zero-order valence-electron chi connectivity index (χ0n) is 10.2. The standard InChI is InChI=1S/C6H6N2O.C4H10O4S/c7-6(9)5-2-1-3-8-4-5;1-3-7-9(5,6)8-4-2/h1-4H,(H2,7,9);3-4H2,1-2H3. The van der Waals surface area contributed by atoms with E-state index >= 15 is 0 Å². The fourth-order valence-electron chi connectivity index (χ4n) is 0.831. The molecule has 0 atom stereocenters. The Kier molecular flexibility index (Phi) is 7.84. The fraction of sp³-hybridized carbons (Fsp3) is 0.400. The molecule has 0 radical (unpaired) electrons. The molecule has 0 aliphatic carbocycles. The van der Waals surface area contributed by atoms with Gasteiger partial charge in [0.25, 0.3) is 0 Å². The van der Waals surface area contributed by atoms with E-state index in [1.54, 1.807) is 32.2 Å².